The average Bonchev–Trinajstić information content (AvgIpc) is 3.16. The first-order chi connectivity index (χ1) is 14.3. The zero-order valence-electron chi connectivity index (χ0n) is 16.2. The van der Waals surface area contributed by atoms with Crippen molar-refractivity contribution in [1.82, 2.24) is 10.6 Å². The number of carbonyl (C=O) groups is 1. The molecule has 0 bridgehead atoms. The van der Waals surface area contributed by atoms with E-state index in [4.69, 9.17) is 4.74 Å². The van der Waals surface area contributed by atoms with Gasteiger partial charge in [-0.15, -0.1) is 0 Å². The van der Waals surface area contributed by atoms with Gasteiger partial charge in [-0.25, -0.2) is 0 Å². The highest BCUT2D eigenvalue weighted by Crippen LogP contribution is 2.35. The van der Waals surface area contributed by atoms with Crippen LogP contribution in [0.15, 0.2) is 66.7 Å². The highest BCUT2D eigenvalue weighted by Gasteiger charge is 2.25. The van der Waals surface area contributed by atoms with E-state index in [1.165, 1.54) is 0 Å². The summed E-state index contributed by atoms with van der Waals surface area (Å²) in [7, 11) is 0. The summed E-state index contributed by atoms with van der Waals surface area (Å²) in [6, 6.07) is 22.1. The summed E-state index contributed by atoms with van der Waals surface area (Å²) < 4.78 is 5.92. The molecule has 1 saturated heterocycles. The van der Waals surface area contributed by atoms with Gasteiger partial charge in [0.1, 0.15) is 11.5 Å². The molecule has 2 aliphatic heterocycles. The third-order valence-electron chi connectivity index (χ3n) is 5.53. The molecule has 0 saturated carbocycles. The van der Waals surface area contributed by atoms with Crippen molar-refractivity contribution in [2.24, 2.45) is 0 Å². The Kier molecular flexibility index (Phi) is 4.66. The Hall–Kier alpha value is -3.31. The lowest BCUT2D eigenvalue weighted by Gasteiger charge is -2.30. The van der Waals surface area contributed by atoms with E-state index in [1.54, 1.807) is 0 Å². The molecule has 0 radical (unpaired) electrons. The Balaban J connectivity index is 1.49. The molecule has 0 atom stereocenters. The summed E-state index contributed by atoms with van der Waals surface area (Å²) in [5, 5.41) is 6.36. The van der Waals surface area contributed by atoms with Crippen molar-refractivity contribution < 1.29 is 9.53 Å². The van der Waals surface area contributed by atoms with Crippen LogP contribution in [0.1, 0.15) is 15.9 Å². The fraction of sp³-hybridized carbons (Fsp3) is 0.208. The molecule has 146 valence electrons. The molecule has 0 unspecified atom stereocenters. The molecular weight excluding hydrogens is 362 g/mol. The molecule has 29 heavy (non-hydrogen) atoms. The molecule has 2 N–H and O–H groups in total. The summed E-state index contributed by atoms with van der Waals surface area (Å²) in [6.45, 7) is 4.40. The van der Waals surface area contributed by atoms with Gasteiger partial charge in [-0.3, -0.25) is 4.79 Å². The summed E-state index contributed by atoms with van der Waals surface area (Å²) in [6.07, 6.45) is 0. The first-order valence-electron chi connectivity index (χ1n) is 10.0. The molecular formula is C24H23N3O2. The van der Waals surface area contributed by atoms with Crippen molar-refractivity contribution in [3.8, 4) is 22.6 Å². The van der Waals surface area contributed by atoms with Crippen LogP contribution in [0.2, 0.25) is 0 Å². The van der Waals surface area contributed by atoms with Gasteiger partial charge < -0.3 is 20.3 Å². The average molecular weight is 385 g/mol. The summed E-state index contributed by atoms with van der Waals surface area (Å²) >= 11 is 0. The highest BCUT2D eigenvalue weighted by molar-refractivity contribution is 6.01. The van der Waals surface area contributed by atoms with E-state index in [9.17, 15) is 4.79 Å². The number of rotatable bonds is 4. The van der Waals surface area contributed by atoms with Crippen molar-refractivity contribution in [3.63, 3.8) is 0 Å². The maximum absolute atomic E-state index is 12.4. The van der Waals surface area contributed by atoms with Crippen molar-refractivity contribution >= 4 is 11.6 Å². The van der Waals surface area contributed by atoms with Crippen molar-refractivity contribution in [2.75, 3.05) is 31.1 Å². The number of amides is 1. The highest BCUT2D eigenvalue weighted by atomic mass is 16.5. The van der Waals surface area contributed by atoms with Gasteiger partial charge in [0, 0.05) is 44.0 Å². The van der Waals surface area contributed by atoms with Crippen LogP contribution < -0.4 is 20.3 Å². The first kappa shape index (κ1) is 17.8. The fourth-order valence-corrected chi connectivity index (χ4v) is 4.00. The number of ether oxygens (including phenoxy) is 1. The number of piperazine rings is 1. The number of hydrogen-bond acceptors (Lipinski definition) is 4. The lowest BCUT2D eigenvalue weighted by Crippen LogP contribution is -2.43. The molecule has 3 aromatic carbocycles. The largest absolute Gasteiger partial charge is 0.457 e. The number of carbonyl (C=O) groups excluding carboxylic acids is 1. The number of hydrogen-bond donors (Lipinski definition) is 2. The van der Waals surface area contributed by atoms with Gasteiger partial charge in [-0.05, 0) is 53.1 Å². The minimum atomic E-state index is 0.0160. The van der Waals surface area contributed by atoms with E-state index in [1.807, 2.05) is 48.5 Å². The van der Waals surface area contributed by atoms with E-state index in [-0.39, 0.29) is 5.91 Å². The second-order valence-corrected chi connectivity index (χ2v) is 7.38. The van der Waals surface area contributed by atoms with Gasteiger partial charge in [-0.1, -0.05) is 30.3 Å². The fourth-order valence-electron chi connectivity index (χ4n) is 4.00. The Morgan fingerprint density at radius 3 is 2.28 bits per heavy atom. The molecule has 2 heterocycles. The van der Waals surface area contributed by atoms with E-state index in [0.29, 0.717) is 6.54 Å². The topological polar surface area (TPSA) is 53.6 Å². The smallest absolute Gasteiger partial charge is 0.251 e. The minimum absolute atomic E-state index is 0.0160. The second kappa shape index (κ2) is 7.60. The standard InChI is InChI=1S/C24H23N3O2/c28-24-22-15-18(27-12-10-25-11-13-27)14-21(23(22)16-26-24)17-6-8-20(9-7-17)29-19-4-2-1-3-5-19/h1-9,14-15,25H,10-13,16H2,(H,26,28). The van der Waals surface area contributed by atoms with E-state index >= 15 is 0 Å². The summed E-state index contributed by atoms with van der Waals surface area (Å²) in [5.41, 5.74) is 5.18. The predicted octanol–water partition coefficient (Wildman–Crippen LogP) is 3.80. The molecule has 5 rings (SSSR count). The molecule has 1 amide bonds. The van der Waals surface area contributed by atoms with Crippen LogP contribution in [0.3, 0.4) is 0 Å². The maximum Gasteiger partial charge on any atom is 0.251 e. The van der Waals surface area contributed by atoms with E-state index in [2.05, 4.69) is 33.7 Å². The Morgan fingerprint density at radius 2 is 1.52 bits per heavy atom. The van der Waals surface area contributed by atoms with Crippen molar-refractivity contribution in [2.45, 2.75) is 6.54 Å². The number of benzene rings is 3. The molecule has 5 heteroatoms. The number of para-hydroxylation sites is 1. The summed E-state index contributed by atoms with van der Waals surface area (Å²) in [5.74, 6) is 1.63. The van der Waals surface area contributed by atoms with E-state index < -0.39 is 0 Å². The molecule has 2 aliphatic rings. The number of fused-ring (bicyclic) bond motifs is 1. The molecule has 0 aliphatic carbocycles. The number of nitrogens with one attached hydrogen (secondary N) is 2. The first-order valence-corrected chi connectivity index (χ1v) is 10.0. The normalized spacial score (nSPS) is 15.7. The monoisotopic (exact) mass is 385 g/mol. The lowest BCUT2D eigenvalue weighted by molar-refractivity contribution is 0.0966. The zero-order chi connectivity index (χ0) is 19.6. The third-order valence-corrected chi connectivity index (χ3v) is 5.53. The molecule has 1 fully saturated rings. The van der Waals surface area contributed by atoms with Crippen LogP contribution in [0, 0.1) is 0 Å². The van der Waals surface area contributed by atoms with Crippen LogP contribution >= 0.6 is 0 Å². The van der Waals surface area contributed by atoms with Gasteiger partial charge in [0.15, 0.2) is 0 Å². The van der Waals surface area contributed by atoms with Crippen LogP contribution in [0.4, 0.5) is 5.69 Å². The van der Waals surface area contributed by atoms with Crippen molar-refractivity contribution in [3.05, 3.63) is 77.9 Å². The molecule has 3 aromatic rings. The van der Waals surface area contributed by atoms with Crippen molar-refractivity contribution in [1.29, 1.82) is 0 Å². The Labute approximate surface area is 170 Å². The minimum Gasteiger partial charge on any atom is -0.457 e. The van der Waals surface area contributed by atoms with Crippen LogP contribution in [0.5, 0.6) is 11.5 Å². The third kappa shape index (κ3) is 3.57. The van der Waals surface area contributed by atoms with Crippen LogP contribution in [-0.2, 0) is 6.54 Å². The second-order valence-electron chi connectivity index (χ2n) is 7.38. The Bertz CT molecular complexity index is 1030. The molecule has 0 aromatic heterocycles. The Morgan fingerprint density at radius 1 is 0.828 bits per heavy atom. The van der Waals surface area contributed by atoms with Gasteiger partial charge in [0.25, 0.3) is 5.91 Å². The van der Waals surface area contributed by atoms with Gasteiger partial charge >= 0.3 is 0 Å². The molecule has 5 nitrogen and oxygen atoms in total. The van der Waals surface area contributed by atoms with Crippen LogP contribution in [0.25, 0.3) is 11.1 Å². The van der Waals surface area contributed by atoms with E-state index in [0.717, 1.165) is 65.6 Å². The lowest BCUT2D eigenvalue weighted by atomic mass is 9.95. The number of nitrogens with zero attached hydrogens (tertiary/aromatic N) is 1. The van der Waals surface area contributed by atoms with Gasteiger partial charge in [-0.2, -0.15) is 0 Å². The van der Waals surface area contributed by atoms with Gasteiger partial charge in [0.2, 0.25) is 0 Å². The maximum atomic E-state index is 12.4. The predicted molar refractivity (Wildman–Crippen MR) is 115 cm³/mol. The van der Waals surface area contributed by atoms with Gasteiger partial charge in [0.05, 0.1) is 0 Å². The number of anilines is 1. The SMILES string of the molecule is O=C1NCc2c1cc(N1CCNCC1)cc2-c1ccc(Oc2ccccc2)cc1. The van der Waals surface area contributed by atoms with Crippen LogP contribution in [-0.4, -0.2) is 32.1 Å². The zero-order valence-corrected chi connectivity index (χ0v) is 16.2. The quantitative estimate of drug-likeness (QED) is 0.717. The summed E-state index contributed by atoms with van der Waals surface area (Å²) in [4.78, 5) is 14.7. The molecule has 0 spiro atoms.